The van der Waals surface area contributed by atoms with E-state index in [0.29, 0.717) is 19.1 Å². The van der Waals surface area contributed by atoms with Crippen molar-refractivity contribution in [3.8, 4) is 0 Å². The summed E-state index contributed by atoms with van der Waals surface area (Å²) in [4.78, 5) is 15.0. The third kappa shape index (κ3) is 3.93. The van der Waals surface area contributed by atoms with Gasteiger partial charge in [-0.05, 0) is 49.9 Å². The van der Waals surface area contributed by atoms with E-state index in [4.69, 9.17) is 16.3 Å². The van der Waals surface area contributed by atoms with Crippen molar-refractivity contribution in [1.82, 2.24) is 10.2 Å². The van der Waals surface area contributed by atoms with Crippen LogP contribution in [-0.4, -0.2) is 43.1 Å². The number of hydrogen-bond acceptors (Lipinski definition) is 3. The van der Waals surface area contributed by atoms with Gasteiger partial charge in [-0.1, -0.05) is 30.7 Å². The minimum absolute atomic E-state index is 0.102. The zero-order valence-electron chi connectivity index (χ0n) is 14.4. The average Bonchev–Trinajstić information content (AvgIpc) is 2.60. The number of rotatable bonds is 5. The SMILES string of the molecule is CCCN1C[C@@H](OCc2ccc(Cl)cc2)C[C@@]2(CCCNC2)C1=O. The van der Waals surface area contributed by atoms with Crippen molar-refractivity contribution in [2.75, 3.05) is 26.2 Å². The Morgan fingerprint density at radius 1 is 1.38 bits per heavy atom. The second kappa shape index (κ2) is 7.85. The fourth-order valence-electron chi connectivity index (χ4n) is 3.95. The van der Waals surface area contributed by atoms with Crippen LogP contribution in [0.15, 0.2) is 24.3 Å². The van der Waals surface area contributed by atoms with Crippen LogP contribution in [0.3, 0.4) is 0 Å². The largest absolute Gasteiger partial charge is 0.372 e. The quantitative estimate of drug-likeness (QED) is 0.886. The van der Waals surface area contributed by atoms with Gasteiger partial charge in [0.15, 0.2) is 0 Å². The molecule has 2 atom stereocenters. The maximum atomic E-state index is 13.0. The van der Waals surface area contributed by atoms with E-state index in [2.05, 4.69) is 12.2 Å². The molecule has 2 heterocycles. The molecule has 2 aliphatic heterocycles. The molecule has 2 fully saturated rings. The van der Waals surface area contributed by atoms with Crippen molar-refractivity contribution < 1.29 is 9.53 Å². The molecule has 0 unspecified atom stereocenters. The third-order valence-corrected chi connectivity index (χ3v) is 5.40. The number of halogens is 1. The Bertz CT molecular complexity index is 555. The standard InChI is InChI=1S/C19H27ClN2O2/c1-2-10-22-12-17(24-13-15-4-6-16(20)7-5-15)11-19(18(22)23)8-3-9-21-14-19/h4-7,17,21H,2-3,8-14H2,1H3/t17-,19+/m0/s1. The molecule has 0 aliphatic carbocycles. The lowest BCUT2D eigenvalue weighted by Gasteiger charge is -2.47. The van der Waals surface area contributed by atoms with Gasteiger partial charge in [-0.25, -0.2) is 0 Å². The highest BCUT2D eigenvalue weighted by atomic mass is 35.5. The van der Waals surface area contributed by atoms with Crippen LogP contribution in [0.1, 0.15) is 38.2 Å². The van der Waals surface area contributed by atoms with Crippen LogP contribution in [0.5, 0.6) is 0 Å². The van der Waals surface area contributed by atoms with Gasteiger partial charge in [-0.2, -0.15) is 0 Å². The van der Waals surface area contributed by atoms with Crippen molar-refractivity contribution in [3.63, 3.8) is 0 Å². The molecular formula is C19H27ClN2O2. The van der Waals surface area contributed by atoms with Gasteiger partial charge in [0, 0.05) is 24.7 Å². The molecule has 1 N–H and O–H groups in total. The molecule has 1 spiro atoms. The summed E-state index contributed by atoms with van der Waals surface area (Å²) in [6.45, 7) is 6.02. The summed E-state index contributed by atoms with van der Waals surface area (Å²) in [5, 5.41) is 4.16. The highest BCUT2D eigenvalue weighted by Gasteiger charge is 2.47. The normalized spacial score (nSPS) is 27.7. The molecule has 0 radical (unpaired) electrons. The van der Waals surface area contributed by atoms with Crippen LogP contribution in [0.25, 0.3) is 0 Å². The number of nitrogens with one attached hydrogen (secondary N) is 1. The van der Waals surface area contributed by atoms with Gasteiger partial charge in [-0.3, -0.25) is 4.79 Å². The predicted molar refractivity (Wildman–Crippen MR) is 96.1 cm³/mol. The van der Waals surface area contributed by atoms with Gasteiger partial charge < -0.3 is 15.0 Å². The molecule has 5 heteroatoms. The van der Waals surface area contributed by atoms with Crippen molar-refractivity contribution in [3.05, 3.63) is 34.9 Å². The number of likely N-dealkylation sites (tertiary alicyclic amines) is 1. The van der Waals surface area contributed by atoms with E-state index in [-0.39, 0.29) is 11.5 Å². The Labute approximate surface area is 149 Å². The first-order chi connectivity index (χ1) is 11.6. The highest BCUT2D eigenvalue weighted by Crippen LogP contribution is 2.38. The molecule has 1 aromatic carbocycles. The predicted octanol–water partition coefficient (Wildman–Crippen LogP) is 3.24. The van der Waals surface area contributed by atoms with Gasteiger partial charge in [0.1, 0.15) is 0 Å². The Kier molecular flexibility index (Phi) is 5.80. The number of hydrogen-bond donors (Lipinski definition) is 1. The Morgan fingerprint density at radius 3 is 2.83 bits per heavy atom. The van der Waals surface area contributed by atoms with Gasteiger partial charge in [0.2, 0.25) is 5.91 Å². The maximum absolute atomic E-state index is 13.0. The Morgan fingerprint density at radius 2 is 2.17 bits per heavy atom. The topological polar surface area (TPSA) is 41.6 Å². The molecule has 0 bridgehead atoms. The first-order valence-electron chi connectivity index (χ1n) is 8.99. The number of ether oxygens (including phenoxy) is 1. The molecule has 1 aromatic rings. The van der Waals surface area contributed by atoms with Crippen molar-refractivity contribution in [2.24, 2.45) is 5.41 Å². The third-order valence-electron chi connectivity index (χ3n) is 5.15. The van der Waals surface area contributed by atoms with E-state index in [0.717, 1.165) is 55.9 Å². The molecule has 0 saturated carbocycles. The average molecular weight is 351 g/mol. The molecule has 3 rings (SSSR count). The van der Waals surface area contributed by atoms with Crippen molar-refractivity contribution in [2.45, 2.75) is 45.3 Å². The van der Waals surface area contributed by atoms with Crippen LogP contribution in [0, 0.1) is 5.41 Å². The van der Waals surface area contributed by atoms with Crippen LogP contribution < -0.4 is 5.32 Å². The Hall–Kier alpha value is -1.10. The van der Waals surface area contributed by atoms with E-state index in [1.54, 1.807) is 0 Å². The van der Waals surface area contributed by atoms with E-state index in [9.17, 15) is 4.79 Å². The molecule has 1 amide bonds. The van der Waals surface area contributed by atoms with Crippen LogP contribution >= 0.6 is 11.6 Å². The molecule has 4 nitrogen and oxygen atoms in total. The second-order valence-corrected chi connectivity index (χ2v) is 7.51. The van der Waals surface area contributed by atoms with E-state index in [1.807, 2.05) is 29.2 Å². The summed E-state index contributed by atoms with van der Waals surface area (Å²) < 4.78 is 6.20. The molecule has 2 aliphatic rings. The minimum atomic E-state index is -0.268. The van der Waals surface area contributed by atoms with E-state index in [1.165, 1.54) is 0 Å². The number of nitrogens with zero attached hydrogens (tertiary/aromatic N) is 1. The fourth-order valence-corrected chi connectivity index (χ4v) is 4.07. The van der Waals surface area contributed by atoms with Gasteiger partial charge in [0.05, 0.1) is 18.1 Å². The molecular weight excluding hydrogens is 324 g/mol. The number of piperidine rings is 2. The zero-order valence-corrected chi connectivity index (χ0v) is 15.1. The summed E-state index contributed by atoms with van der Waals surface area (Å²) in [7, 11) is 0. The molecule has 0 aromatic heterocycles. The maximum Gasteiger partial charge on any atom is 0.230 e. The van der Waals surface area contributed by atoms with Crippen molar-refractivity contribution >= 4 is 17.5 Å². The number of carbonyl (C=O) groups excluding carboxylic acids is 1. The summed E-state index contributed by atoms with van der Waals surface area (Å²) >= 11 is 5.94. The minimum Gasteiger partial charge on any atom is -0.372 e. The lowest BCUT2D eigenvalue weighted by Crippen LogP contribution is -2.59. The van der Waals surface area contributed by atoms with Gasteiger partial charge >= 0.3 is 0 Å². The Balaban J connectivity index is 1.67. The number of carbonyl (C=O) groups is 1. The van der Waals surface area contributed by atoms with Crippen LogP contribution in [0.2, 0.25) is 5.02 Å². The first-order valence-corrected chi connectivity index (χ1v) is 9.37. The smallest absolute Gasteiger partial charge is 0.230 e. The monoisotopic (exact) mass is 350 g/mol. The van der Waals surface area contributed by atoms with Crippen LogP contribution in [0.4, 0.5) is 0 Å². The fraction of sp³-hybridized carbons (Fsp3) is 0.632. The molecule has 24 heavy (non-hydrogen) atoms. The van der Waals surface area contributed by atoms with E-state index >= 15 is 0 Å². The summed E-state index contributed by atoms with van der Waals surface area (Å²) in [6.07, 6.45) is 3.95. The lowest BCUT2D eigenvalue weighted by molar-refractivity contribution is -0.157. The second-order valence-electron chi connectivity index (χ2n) is 7.08. The van der Waals surface area contributed by atoms with Gasteiger partial charge in [-0.15, -0.1) is 0 Å². The van der Waals surface area contributed by atoms with E-state index < -0.39 is 0 Å². The lowest BCUT2D eigenvalue weighted by atomic mass is 9.72. The number of benzene rings is 1. The zero-order chi connectivity index (χ0) is 17.0. The van der Waals surface area contributed by atoms with Gasteiger partial charge in [0.25, 0.3) is 0 Å². The summed E-state index contributed by atoms with van der Waals surface area (Å²) in [5.74, 6) is 0.322. The summed E-state index contributed by atoms with van der Waals surface area (Å²) in [6, 6.07) is 7.78. The van der Waals surface area contributed by atoms with Crippen molar-refractivity contribution in [1.29, 1.82) is 0 Å². The highest BCUT2D eigenvalue weighted by molar-refractivity contribution is 6.30. The first kappa shape index (κ1) is 17.7. The molecule has 132 valence electrons. The number of amides is 1. The summed E-state index contributed by atoms with van der Waals surface area (Å²) in [5.41, 5.74) is 0.852. The molecule has 2 saturated heterocycles. The van der Waals surface area contributed by atoms with Crippen LogP contribution in [-0.2, 0) is 16.1 Å².